The fourth-order valence-corrected chi connectivity index (χ4v) is 0.861. The van der Waals surface area contributed by atoms with E-state index >= 15 is 0 Å². The van der Waals surface area contributed by atoms with Crippen molar-refractivity contribution < 1.29 is 12.6 Å². The molecule has 56 valence electrons. The van der Waals surface area contributed by atoms with Crippen LogP contribution in [-0.2, 0) is 11.0 Å². The van der Waals surface area contributed by atoms with Crippen LogP contribution >= 0.6 is 0 Å². The Hall–Kier alpha value is -0.0300. The Balaban J connectivity index is 0.000001000. The van der Waals surface area contributed by atoms with E-state index < -0.39 is 11.0 Å². The third-order valence-electron chi connectivity index (χ3n) is 0.923. The van der Waals surface area contributed by atoms with E-state index in [2.05, 4.69) is 4.18 Å². The third kappa shape index (κ3) is 4.42. The molecule has 0 fully saturated rings. The van der Waals surface area contributed by atoms with Crippen LogP contribution in [0, 0.1) is 0 Å². The molecule has 0 radical (unpaired) electrons. The molecular weight excluding hydrogens is 175 g/mol. The van der Waals surface area contributed by atoms with Gasteiger partial charge in [0.25, 0.3) is 11.0 Å². The quantitative estimate of drug-likeness (QED) is 0.515. The first-order chi connectivity index (χ1) is 4.79. The molecule has 0 aromatic heterocycles. The average Bonchev–Trinajstić information content (AvgIpc) is 1.88. The van der Waals surface area contributed by atoms with Gasteiger partial charge in [-0.05, 0) is 12.1 Å². The van der Waals surface area contributed by atoms with Crippen molar-refractivity contribution in [3.63, 3.8) is 0 Å². The maximum atomic E-state index is 9.98. The zero-order valence-corrected chi connectivity index (χ0v) is 5.95. The first-order valence-corrected chi connectivity index (χ1v) is 3.76. The van der Waals surface area contributed by atoms with Crippen LogP contribution in [0.3, 0.4) is 0 Å². The van der Waals surface area contributed by atoms with Gasteiger partial charge in [-0.2, -0.15) is 8.42 Å². The van der Waals surface area contributed by atoms with Gasteiger partial charge < -0.3 is 4.18 Å². The molecule has 0 unspecified atom stereocenters. The van der Waals surface area contributed by atoms with E-state index in [9.17, 15) is 8.42 Å². The second-order valence-electron chi connectivity index (χ2n) is 1.63. The van der Waals surface area contributed by atoms with Crippen LogP contribution in [0.1, 0.15) is 0 Å². The Kier molecular flexibility index (Phi) is 5.58. The molecular formula is C6H7NaO3S. The predicted octanol–water partition coefficient (Wildman–Crippen LogP) is -0.0567. The molecule has 1 rings (SSSR count). The number of hydrogen-bond acceptors (Lipinski definition) is 3. The van der Waals surface area contributed by atoms with Gasteiger partial charge in [0.1, 0.15) is 5.75 Å². The molecule has 3 nitrogen and oxygen atoms in total. The van der Waals surface area contributed by atoms with Gasteiger partial charge in [0.05, 0.1) is 0 Å². The summed E-state index contributed by atoms with van der Waals surface area (Å²) in [5.41, 5.74) is 0. The SMILES string of the molecule is O=[SH](=O)Oc1ccccc1.[NaH]. The molecule has 0 saturated heterocycles. The van der Waals surface area contributed by atoms with Gasteiger partial charge in [0.15, 0.2) is 0 Å². The number of para-hydroxylation sites is 1. The second kappa shape index (κ2) is 5.60. The standard InChI is InChI=1S/C6H6O3S.Na.H/c7-10(8)9-6-4-2-1-3-5-6;;/h1-5,10H;;. The van der Waals surface area contributed by atoms with Gasteiger partial charge in [-0.25, -0.2) is 0 Å². The zero-order valence-electron chi connectivity index (χ0n) is 5.06. The summed E-state index contributed by atoms with van der Waals surface area (Å²) in [6.07, 6.45) is 0. The van der Waals surface area contributed by atoms with Crippen LogP contribution in [0.25, 0.3) is 0 Å². The van der Waals surface area contributed by atoms with Crippen LogP contribution in [0.5, 0.6) is 5.75 Å². The van der Waals surface area contributed by atoms with E-state index in [0.29, 0.717) is 5.75 Å². The van der Waals surface area contributed by atoms with E-state index in [-0.39, 0.29) is 29.6 Å². The Morgan fingerprint density at radius 2 is 1.64 bits per heavy atom. The first-order valence-electron chi connectivity index (χ1n) is 2.66. The fourth-order valence-electron chi connectivity index (χ4n) is 0.567. The molecule has 0 aliphatic carbocycles. The summed E-state index contributed by atoms with van der Waals surface area (Å²) in [7, 11) is -2.78. The van der Waals surface area contributed by atoms with Gasteiger partial charge in [-0.1, -0.05) is 18.2 Å². The van der Waals surface area contributed by atoms with Crippen LogP contribution in [-0.4, -0.2) is 38.0 Å². The Morgan fingerprint density at radius 3 is 2.09 bits per heavy atom. The van der Waals surface area contributed by atoms with E-state index in [4.69, 9.17) is 0 Å². The van der Waals surface area contributed by atoms with Crippen LogP contribution in [0.2, 0.25) is 0 Å². The van der Waals surface area contributed by atoms with E-state index in [1.165, 1.54) is 0 Å². The Bertz CT molecular complexity index is 262. The van der Waals surface area contributed by atoms with E-state index in [0.717, 1.165) is 0 Å². The summed E-state index contributed by atoms with van der Waals surface area (Å²) in [5.74, 6) is 0.346. The number of hydrogen-bond donors (Lipinski definition) is 1. The van der Waals surface area contributed by atoms with Crippen LogP contribution < -0.4 is 4.18 Å². The number of benzene rings is 1. The monoisotopic (exact) mass is 182 g/mol. The number of thiol groups is 1. The molecule has 0 spiro atoms. The molecule has 0 bridgehead atoms. The third-order valence-corrected chi connectivity index (χ3v) is 1.28. The normalized spacial score (nSPS) is 8.82. The van der Waals surface area contributed by atoms with Gasteiger partial charge >= 0.3 is 29.6 Å². The van der Waals surface area contributed by atoms with Gasteiger partial charge in [0.2, 0.25) is 0 Å². The van der Waals surface area contributed by atoms with Crippen molar-refractivity contribution in [2.45, 2.75) is 0 Å². The molecule has 0 N–H and O–H groups in total. The molecule has 11 heavy (non-hydrogen) atoms. The molecule has 5 heteroatoms. The summed E-state index contributed by atoms with van der Waals surface area (Å²) in [5, 5.41) is 0. The summed E-state index contributed by atoms with van der Waals surface area (Å²) in [4.78, 5) is 0. The first kappa shape index (κ1) is 11.0. The molecule has 0 aliphatic rings. The summed E-state index contributed by atoms with van der Waals surface area (Å²) >= 11 is 0. The Morgan fingerprint density at radius 1 is 1.09 bits per heavy atom. The number of rotatable bonds is 2. The average molecular weight is 182 g/mol. The molecule has 0 heterocycles. The van der Waals surface area contributed by atoms with Crippen molar-refractivity contribution in [2.75, 3.05) is 0 Å². The molecule has 0 atom stereocenters. The zero-order chi connectivity index (χ0) is 7.40. The van der Waals surface area contributed by atoms with E-state index in [1.807, 2.05) is 0 Å². The minimum atomic E-state index is -2.78. The predicted molar refractivity (Wildman–Crippen MR) is 44.5 cm³/mol. The maximum absolute atomic E-state index is 9.98. The van der Waals surface area contributed by atoms with Crippen molar-refractivity contribution in [3.8, 4) is 5.75 Å². The molecule has 1 aromatic carbocycles. The van der Waals surface area contributed by atoms with Crippen molar-refractivity contribution in [3.05, 3.63) is 30.3 Å². The van der Waals surface area contributed by atoms with Gasteiger partial charge in [-0.15, -0.1) is 0 Å². The van der Waals surface area contributed by atoms with Crippen molar-refractivity contribution >= 4 is 40.5 Å². The van der Waals surface area contributed by atoms with Crippen molar-refractivity contribution in [1.29, 1.82) is 0 Å². The van der Waals surface area contributed by atoms with Crippen LogP contribution in [0.15, 0.2) is 30.3 Å². The van der Waals surface area contributed by atoms with Gasteiger partial charge in [-0.3, -0.25) is 0 Å². The fraction of sp³-hybridized carbons (Fsp3) is 0. The summed E-state index contributed by atoms with van der Waals surface area (Å²) < 4.78 is 24.3. The molecule has 0 amide bonds. The summed E-state index contributed by atoms with van der Waals surface area (Å²) in [6.45, 7) is 0. The van der Waals surface area contributed by atoms with Crippen molar-refractivity contribution in [2.24, 2.45) is 0 Å². The Labute approximate surface area is 88.8 Å². The van der Waals surface area contributed by atoms with E-state index in [1.54, 1.807) is 30.3 Å². The summed E-state index contributed by atoms with van der Waals surface area (Å²) in [6, 6.07) is 8.34. The topological polar surface area (TPSA) is 43.4 Å². The van der Waals surface area contributed by atoms with Gasteiger partial charge in [0, 0.05) is 0 Å². The minimum absolute atomic E-state index is 0. The second-order valence-corrected chi connectivity index (χ2v) is 2.26. The molecule has 0 saturated carbocycles. The molecule has 0 aliphatic heterocycles. The van der Waals surface area contributed by atoms with Crippen LogP contribution in [0.4, 0.5) is 0 Å². The molecule has 1 aromatic rings. The van der Waals surface area contributed by atoms with Crippen molar-refractivity contribution in [1.82, 2.24) is 0 Å².